The van der Waals surface area contributed by atoms with Gasteiger partial charge >= 0.3 is 5.97 Å². The summed E-state index contributed by atoms with van der Waals surface area (Å²) in [4.78, 5) is 15.9. The molecule has 0 amide bonds. The van der Waals surface area contributed by atoms with Gasteiger partial charge in [-0.25, -0.2) is 4.39 Å². The minimum atomic E-state index is -0.351. The van der Waals surface area contributed by atoms with Gasteiger partial charge in [0, 0.05) is 11.9 Å². The van der Waals surface area contributed by atoms with Crippen LogP contribution in [0.15, 0.2) is 24.4 Å². The van der Waals surface area contributed by atoms with E-state index in [1.54, 1.807) is 32.2 Å². The first-order chi connectivity index (χ1) is 11.6. The second-order valence-corrected chi connectivity index (χ2v) is 5.54. The average Bonchev–Trinajstić information content (AvgIpc) is 2.60. The summed E-state index contributed by atoms with van der Waals surface area (Å²) in [5.74, 6) is -0.337. The molecule has 25 heavy (non-hydrogen) atoms. The summed E-state index contributed by atoms with van der Waals surface area (Å²) in [5, 5.41) is 0.731. The SMILES string of the molecule is CCOC(=O)C(CN)CCCc1c(F)cnc2ccc(OC)cc12.Cl. The Labute approximate surface area is 153 Å². The highest BCUT2D eigenvalue weighted by atomic mass is 35.5. The number of methoxy groups -OCH3 is 1. The zero-order valence-electron chi connectivity index (χ0n) is 14.5. The van der Waals surface area contributed by atoms with Crippen molar-refractivity contribution in [3.63, 3.8) is 0 Å². The van der Waals surface area contributed by atoms with Gasteiger partial charge in [-0.1, -0.05) is 0 Å². The Morgan fingerprint density at radius 1 is 1.40 bits per heavy atom. The quantitative estimate of drug-likeness (QED) is 0.722. The summed E-state index contributed by atoms with van der Waals surface area (Å²) in [7, 11) is 1.57. The van der Waals surface area contributed by atoms with Gasteiger partial charge in [0.25, 0.3) is 0 Å². The lowest BCUT2D eigenvalue weighted by molar-refractivity contribution is -0.147. The molecule has 5 nitrogen and oxygen atoms in total. The molecule has 2 rings (SSSR count). The number of nitrogens with zero attached hydrogens (tertiary/aromatic N) is 1. The number of pyridine rings is 1. The van der Waals surface area contributed by atoms with Gasteiger partial charge in [0.1, 0.15) is 11.6 Å². The highest BCUT2D eigenvalue weighted by molar-refractivity contribution is 5.85. The molecule has 1 aromatic carbocycles. The summed E-state index contributed by atoms with van der Waals surface area (Å²) >= 11 is 0. The van der Waals surface area contributed by atoms with E-state index in [1.807, 2.05) is 0 Å². The molecule has 2 aromatic rings. The van der Waals surface area contributed by atoms with Crippen LogP contribution in [0.5, 0.6) is 5.75 Å². The second-order valence-electron chi connectivity index (χ2n) is 5.54. The van der Waals surface area contributed by atoms with Gasteiger partial charge in [0.05, 0.1) is 31.3 Å². The Morgan fingerprint density at radius 3 is 2.80 bits per heavy atom. The maximum absolute atomic E-state index is 14.2. The molecule has 0 spiro atoms. The monoisotopic (exact) mass is 370 g/mol. The molecule has 0 aliphatic carbocycles. The third-order valence-corrected chi connectivity index (χ3v) is 4.02. The van der Waals surface area contributed by atoms with Crippen LogP contribution in [0.2, 0.25) is 0 Å². The van der Waals surface area contributed by atoms with Crippen LogP contribution in [0.25, 0.3) is 10.9 Å². The maximum Gasteiger partial charge on any atom is 0.310 e. The first-order valence-electron chi connectivity index (χ1n) is 8.08. The molecule has 0 saturated carbocycles. The van der Waals surface area contributed by atoms with E-state index in [4.69, 9.17) is 15.2 Å². The summed E-state index contributed by atoms with van der Waals surface area (Å²) < 4.78 is 24.4. The van der Waals surface area contributed by atoms with Crippen molar-refractivity contribution >= 4 is 29.3 Å². The van der Waals surface area contributed by atoms with E-state index < -0.39 is 0 Å². The predicted molar refractivity (Wildman–Crippen MR) is 97.6 cm³/mol. The van der Waals surface area contributed by atoms with Crippen molar-refractivity contribution in [3.8, 4) is 5.75 Å². The highest BCUT2D eigenvalue weighted by Gasteiger charge is 2.18. The maximum atomic E-state index is 14.2. The zero-order chi connectivity index (χ0) is 17.5. The third kappa shape index (κ3) is 5.28. The third-order valence-electron chi connectivity index (χ3n) is 4.02. The van der Waals surface area contributed by atoms with E-state index in [2.05, 4.69) is 4.98 Å². The van der Waals surface area contributed by atoms with Crippen molar-refractivity contribution in [2.45, 2.75) is 26.2 Å². The number of esters is 1. The Balaban J connectivity index is 0.00000312. The number of carbonyl (C=O) groups is 1. The van der Waals surface area contributed by atoms with E-state index >= 15 is 0 Å². The molecule has 1 unspecified atom stereocenters. The Morgan fingerprint density at radius 2 is 2.16 bits per heavy atom. The van der Waals surface area contributed by atoms with E-state index in [0.29, 0.717) is 42.7 Å². The number of carbonyl (C=O) groups excluding carboxylic acids is 1. The van der Waals surface area contributed by atoms with Crippen molar-refractivity contribution < 1.29 is 18.7 Å². The Kier molecular flexibility index (Phi) is 8.58. The summed E-state index contributed by atoms with van der Waals surface area (Å²) in [6.07, 6.45) is 2.92. The van der Waals surface area contributed by atoms with Gasteiger partial charge in [-0.2, -0.15) is 0 Å². The Hall–Kier alpha value is -1.92. The normalized spacial score (nSPS) is 11.7. The molecule has 1 atom stereocenters. The largest absolute Gasteiger partial charge is 0.497 e. The fourth-order valence-electron chi connectivity index (χ4n) is 2.70. The van der Waals surface area contributed by atoms with Crippen molar-refractivity contribution in [2.24, 2.45) is 11.7 Å². The van der Waals surface area contributed by atoms with Crippen LogP contribution in [0.1, 0.15) is 25.3 Å². The number of nitrogens with two attached hydrogens (primary N) is 1. The highest BCUT2D eigenvalue weighted by Crippen LogP contribution is 2.26. The lowest BCUT2D eigenvalue weighted by Gasteiger charge is -2.14. The van der Waals surface area contributed by atoms with E-state index in [0.717, 1.165) is 5.39 Å². The first-order valence-corrected chi connectivity index (χ1v) is 8.08. The van der Waals surface area contributed by atoms with Gasteiger partial charge < -0.3 is 15.2 Å². The molecule has 0 radical (unpaired) electrons. The number of aryl methyl sites for hydroxylation is 1. The molecule has 1 heterocycles. The van der Waals surface area contributed by atoms with Crippen molar-refractivity contribution in [3.05, 3.63) is 35.8 Å². The van der Waals surface area contributed by atoms with Gasteiger partial charge in [-0.3, -0.25) is 9.78 Å². The van der Waals surface area contributed by atoms with Gasteiger partial charge in [0.2, 0.25) is 0 Å². The zero-order valence-corrected chi connectivity index (χ0v) is 15.3. The van der Waals surface area contributed by atoms with Crippen molar-refractivity contribution in [1.82, 2.24) is 4.98 Å². The molecule has 0 saturated heterocycles. The van der Waals surface area contributed by atoms with Crippen LogP contribution in [-0.4, -0.2) is 31.2 Å². The summed E-state index contributed by atoms with van der Waals surface area (Å²) in [5.41, 5.74) is 6.94. The number of rotatable bonds is 8. The summed E-state index contributed by atoms with van der Waals surface area (Å²) in [6.45, 7) is 2.32. The van der Waals surface area contributed by atoms with Crippen LogP contribution in [0.4, 0.5) is 4.39 Å². The molecule has 0 fully saturated rings. The fourth-order valence-corrected chi connectivity index (χ4v) is 2.70. The Bertz CT molecular complexity index is 712. The lowest BCUT2D eigenvalue weighted by Crippen LogP contribution is -2.25. The standard InChI is InChI=1S/C18H23FN2O3.ClH/c1-3-24-18(22)12(10-20)5-4-6-14-15-9-13(23-2)7-8-17(15)21-11-16(14)19;/h7-9,11-12H,3-6,10,20H2,1-2H3;1H. The van der Waals surface area contributed by atoms with Crippen LogP contribution in [0, 0.1) is 11.7 Å². The smallest absolute Gasteiger partial charge is 0.310 e. The van der Waals surface area contributed by atoms with Crippen molar-refractivity contribution in [1.29, 1.82) is 0 Å². The average molecular weight is 371 g/mol. The lowest BCUT2D eigenvalue weighted by atomic mass is 9.97. The molecule has 138 valence electrons. The van der Waals surface area contributed by atoms with Crippen molar-refractivity contribution in [2.75, 3.05) is 20.3 Å². The van der Waals surface area contributed by atoms with Crippen LogP contribution in [-0.2, 0) is 16.0 Å². The molecule has 0 aliphatic heterocycles. The molecule has 0 bridgehead atoms. The van der Waals surface area contributed by atoms with E-state index in [1.165, 1.54) is 6.20 Å². The number of hydrogen-bond donors (Lipinski definition) is 1. The van der Waals surface area contributed by atoms with Crippen LogP contribution < -0.4 is 10.5 Å². The number of benzene rings is 1. The van der Waals surface area contributed by atoms with E-state index in [-0.39, 0.29) is 36.7 Å². The van der Waals surface area contributed by atoms with E-state index in [9.17, 15) is 9.18 Å². The van der Waals surface area contributed by atoms with Gasteiger partial charge in [-0.15, -0.1) is 12.4 Å². The number of fused-ring (bicyclic) bond motifs is 1. The molecular formula is C18H24ClFN2O3. The fraction of sp³-hybridized carbons (Fsp3) is 0.444. The molecular weight excluding hydrogens is 347 g/mol. The number of aromatic nitrogens is 1. The minimum Gasteiger partial charge on any atom is -0.497 e. The molecule has 2 N–H and O–H groups in total. The molecule has 1 aromatic heterocycles. The first kappa shape index (κ1) is 21.1. The number of ether oxygens (including phenoxy) is 2. The predicted octanol–water partition coefficient (Wildman–Crippen LogP) is 3.27. The second kappa shape index (κ2) is 10.2. The molecule has 0 aliphatic rings. The summed E-state index contributed by atoms with van der Waals surface area (Å²) in [6, 6.07) is 5.38. The minimum absolute atomic E-state index is 0. The number of hydrogen-bond acceptors (Lipinski definition) is 5. The number of halogens is 2. The molecule has 7 heteroatoms. The van der Waals surface area contributed by atoms with Crippen LogP contribution in [0.3, 0.4) is 0 Å². The topological polar surface area (TPSA) is 74.4 Å². The van der Waals surface area contributed by atoms with Gasteiger partial charge in [-0.05, 0) is 49.9 Å². The van der Waals surface area contributed by atoms with Crippen LogP contribution >= 0.6 is 12.4 Å². The van der Waals surface area contributed by atoms with Gasteiger partial charge in [0.15, 0.2) is 0 Å².